The second kappa shape index (κ2) is 7.31. The summed E-state index contributed by atoms with van der Waals surface area (Å²) in [6.07, 6.45) is 2.31. The van der Waals surface area contributed by atoms with Crippen molar-refractivity contribution in [2.24, 2.45) is 5.41 Å². The molecule has 1 heterocycles. The second-order valence-corrected chi connectivity index (χ2v) is 9.37. The molecule has 0 atom stereocenters. The van der Waals surface area contributed by atoms with E-state index in [0.717, 1.165) is 12.0 Å². The molecule has 2 aromatic carbocycles. The lowest BCUT2D eigenvalue weighted by molar-refractivity contribution is 0.198. The monoisotopic (exact) mass is 402 g/mol. The summed E-state index contributed by atoms with van der Waals surface area (Å²) < 4.78 is 38.6. The van der Waals surface area contributed by atoms with Crippen LogP contribution in [0.15, 0.2) is 57.9 Å². The minimum Gasteiger partial charge on any atom is -0.493 e. The molecule has 148 valence electrons. The minimum atomic E-state index is -3.66. The topological polar surface area (TPSA) is 82.8 Å². The van der Waals surface area contributed by atoms with E-state index in [9.17, 15) is 13.2 Å². The van der Waals surface area contributed by atoms with E-state index in [4.69, 9.17) is 13.3 Å². The zero-order valence-electron chi connectivity index (χ0n) is 16.2. The highest BCUT2D eigenvalue weighted by Crippen LogP contribution is 2.25. The van der Waals surface area contributed by atoms with Gasteiger partial charge in [-0.25, -0.2) is 0 Å². The Bertz CT molecular complexity index is 1150. The fourth-order valence-corrected chi connectivity index (χ4v) is 3.02. The van der Waals surface area contributed by atoms with Crippen LogP contribution in [0.5, 0.6) is 11.5 Å². The minimum absolute atomic E-state index is 0.0533. The molecule has 0 saturated heterocycles. The van der Waals surface area contributed by atoms with Gasteiger partial charge in [0.2, 0.25) is 0 Å². The number of hydrogen-bond donors (Lipinski definition) is 0. The Morgan fingerprint density at radius 1 is 1.00 bits per heavy atom. The summed E-state index contributed by atoms with van der Waals surface area (Å²) >= 11 is 0. The summed E-state index contributed by atoms with van der Waals surface area (Å²) in [6, 6.07) is 11.5. The molecule has 0 radical (unpaired) electrons. The highest BCUT2D eigenvalue weighted by molar-refractivity contribution is 7.86. The number of fused-ring (bicyclic) bond motifs is 1. The van der Waals surface area contributed by atoms with Gasteiger partial charge in [-0.2, -0.15) is 8.42 Å². The number of rotatable bonds is 5. The molecule has 0 amide bonds. The van der Waals surface area contributed by atoms with E-state index < -0.39 is 10.1 Å². The highest BCUT2D eigenvalue weighted by Gasteiger charge is 2.13. The normalized spacial score (nSPS) is 12.1. The molecule has 0 aliphatic carbocycles. The molecular formula is C21H22O6S. The third kappa shape index (κ3) is 4.92. The molecule has 0 aliphatic heterocycles. The van der Waals surface area contributed by atoms with Crippen molar-refractivity contribution in [2.75, 3.05) is 12.9 Å². The SMILES string of the molecule is CC(C)(C)COc1ccc(-c2coc3cc(OS(C)(=O)=O)ccc3c2=O)cc1. The van der Waals surface area contributed by atoms with Crippen LogP contribution in [-0.4, -0.2) is 21.3 Å². The molecule has 0 saturated carbocycles. The molecule has 3 aromatic rings. The molecule has 0 fully saturated rings. The molecule has 0 N–H and O–H groups in total. The van der Waals surface area contributed by atoms with Gasteiger partial charge in [0, 0.05) is 6.07 Å². The summed E-state index contributed by atoms with van der Waals surface area (Å²) in [5.74, 6) is 0.817. The molecule has 0 unspecified atom stereocenters. The molecule has 3 rings (SSSR count). The molecule has 6 nitrogen and oxygen atoms in total. The average molecular weight is 402 g/mol. The fraction of sp³-hybridized carbons (Fsp3) is 0.286. The van der Waals surface area contributed by atoms with Gasteiger partial charge in [0.15, 0.2) is 5.43 Å². The first-order valence-corrected chi connectivity index (χ1v) is 10.5. The maximum Gasteiger partial charge on any atom is 0.306 e. The van der Waals surface area contributed by atoms with Crippen LogP contribution >= 0.6 is 0 Å². The van der Waals surface area contributed by atoms with Crippen molar-refractivity contribution in [3.63, 3.8) is 0 Å². The molecule has 0 aliphatic rings. The van der Waals surface area contributed by atoms with Gasteiger partial charge >= 0.3 is 10.1 Å². The van der Waals surface area contributed by atoms with Crippen molar-refractivity contribution >= 4 is 21.1 Å². The van der Waals surface area contributed by atoms with Gasteiger partial charge < -0.3 is 13.3 Å². The molecule has 28 heavy (non-hydrogen) atoms. The first-order valence-electron chi connectivity index (χ1n) is 8.70. The van der Waals surface area contributed by atoms with E-state index in [1.54, 1.807) is 12.1 Å². The maximum absolute atomic E-state index is 12.8. The van der Waals surface area contributed by atoms with Crippen molar-refractivity contribution in [1.29, 1.82) is 0 Å². The maximum atomic E-state index is 12.8. The standard InChI is InChI=1S/C21H22O6S/c1-21(2,3)13-26-15-7-5-14(6-8-15)18-12-25-19-11-16(27-28(4,23)24)9-10-17(19)20(18)22/h5-12H,13H2,1-4H3. The first kappa shape index (κ1) is 19.9. The summed E-state index contributed by atoms with van der Waals surface area (Å²) in [6.45, 7) is 6.86. The van der Waals surface area contributed by atoms with Crippen molar-refractivity contribution in [1.82, 2.24) is 0 Å². The quantitative estimate of drug-likeness (QED) is 0.594. The van der Waals surface area contributed by atoms with E-state index >= 15 is 0 Å². The molecule has 1 aromatic heterocycles. The van der Waals surface area contributed by atoms with Crippen LogP contribution in [0, 0.1) is 5.41 Å². The van der Waals surface area contributed by atoms with E-state index in [2.05, 4.69) is 20.8 Å². The predicted molar refractivity (Wildman–Crippen MR) is 108 cm³/mol. The summed E-state index contributed by atoms with van der Waals surface area (Å²) in [4.78, 5) is 12.8. The zero-order chi connectivity index (χ0) is 20.5. The molecule has 0 spiro atoms. The van der Waals surface area contributed by atoms with Crippen molar-refractivity contribution in [3.8, 4) is 22.6 Å². The van der Waals surface area contributed by atoms with Gasteiger partial charge in [0.05, 0.1) is 23.8 Å². The van der Waals surface area contributed by atoms with Crippen LogP contribution in [0.1, 0.15) is 20.8 Å². The van der Waals surface area contributed by atoms with E-state index in [1.165, 1.54) is 24.5 Å². The van der Waals surface area contributed by atoms with E-state index in [-0.39, 0.29) is 22.2 Å². The first-order chi connectivity index (χ1) is 13.0. The summed E-state index contributed by atoms with van der Waals surface area (Å²) in [5, 5.41) is 0.339. The fourth-order valence-electron chi connectivity index (χ4n) is 2.57. The van der Waals surface area contributed by atoms with Crippen molar-refractivity contribution < 1.29 is 21.8 Å². The van der Waals surface area contributed by atoms with Crippen LogP contribution in [-0.2, 0) is 10.1 Å². The molecule has 0 bridgehead atoms. The number of benzene rings is 2. The molecule has 7 heteroatoms. The van der Waals surface area contributed by atoms with Gasteiger partial charge in [0.25, 0.3) is 0 Å². The van der Waals surface area contributed by atoms with Gasteiger partial charge in [0.1, 0.15) is 23.3 Å². The van der Waals surface area contributed by atoms with Crippen LogP contribution in [0.25, 0.3) is 22.1 Å². The predicted octanol–water partition coefficient (Wildman–Crippen LogP) is 4.22. The van der Waals surface area contributed by atoms with Gasteiger partial charge in [-0.05, 0) is 35.2 Å². The van der Waals surface area contributed by atoms with Crippen LogP contribution in [0.2, 0.25) is 0 Å². The number of ether oxygens (including phenoxy) is 1. The molecular weight excluding hydrogens is 380 g/mol. The van der Waals surface area contributed by atoms with Gasteiger partial charge in [-0.1, -0.05) is 32.9 Å². The Morgan fingerprint density at radius 3 is 2.25 bits per heavy atom. The lowest BCUT2D eigenvalue weighted by Gasteiger charge is -2.18. The Kier molecular flexibility index (Phi) is 5.21. The lowest BCUT2D eigenvalue weighted by Crippen LogP contribution is -2.16. The lowest BCUT2D eigenvalue weighted by atomic mass is 9.99. The van der Waals surface area contributed by atoms with Crippen LogP contribution in [0.4, 0.5) is 0 Å². The van der Waals surface area contributed by atoms with Crippen molar-refractivity contribution in [3.05, 3.63) is 59.0 Å². The summed E-state index contributed by atoms with van der Waals surface area (Å²) in [5.41, 5.74) is 1.20. The highest BCUT2D eigenvalue weighted by atomic mass is 32.2. The van der Waals surface area contributed by atoms with Crippen LogP contribution in [0.3, 0.4) is 0 Å². The number of hydrogen-bond acceptors (Lipinski definition) is 6. The average Bonchev–Trinajstić information content (AvgIpc) is 2.59. The Balaban J connectivity index is 1.90. The Labute approximate surface area is 163 Å². The second-order valence-electron chi connectivity index (χ2n) is 7.80. The third-order valence-electron chi connectivity index (χ3n) is 3.83. The Hall–Kier alpha value is -2.80. The largest absolute Gasteiger partial charge is 0.493 e. The van der Waals surface area contributed by atoms with Crippen LogP contribution < -0.4 is 14.3 Å². The smallest absolute Gasteiger partial charge is 0.306 e. The summed E-state index contributed by atoms with van der Waals surface area (Å²) in [7, 11) is -3.66. The van der Waals surface area contributed by atoms with Gasteiger partial charge in [-0.3, -0.25) is 4.79 Å². The Morgan fingerprint density at radius 2 is 1.64 bits per heavy atom. The third-order valence-corrected chi connectivity index (χ3v) is 4.33. The van der Waals surface area contributed by atoms with E-state index in [1.807, 2.05) is 12.1 Å². The van der Waals surface area contributed by atoms with Gasteiger partial charge in [-0.15, -0.1) is 0 Å². The van der Waals surface area contributed by atoms with E-state index in [0.29, 0.717) is 23.1 Å². The zero-order valence-corrected chi connectivity index (χ0v) is 17.0. The van der Waals surface area contributed by atoms with Crippen molar-refractivity contribution in [2.45, 2.75) is 20.8 Å².